The molecule has 3 aliphatic heterocycles. The van der Waals surface area contributed by atoms with Crippen LogP contribution < -0.4 is 5.43 Å². The van der Waals surface area contributed by atoms with Crippen LogP contribution in [0.25, 0.3) is 10.1 Å². The molecule has 1 N–H and O–H groups in total. The first kappa shape index (κ1) is 25.5. The molecule has 0 bridgehead atoms. The van der Waals surface area contributed by atoms with Crippen LogP contribution in [0.15, 0.2) is 39.2 Å². The molecule has 0 radical (unpaired) electrons. The highest BCUT2D eigenvalue weighted by Crippen LogP contribution is 2.39. The van der Waals surface area contributed by atoms with E-state index in [2.05, 4.69) is 30.4 Å². The predicted octanol–water partition coefficient (Wildman–Crippen LogP) is 4.06. The van der Waals surface area contributed by atoms with Crippen molar-refractivity contribution in [2.24, 2.45) is 0 Å². The van der Waals surface area contributed by atoms with Crippen LogP contribution in [0.2, 0.25) is 5.02 Å². The summed E-state index contributed by atoms with van der Waals surface area (Å²) < 4.78 is 29.6. The van der Waals surface area contributed by atoms with Crippen molar-refractivity contribution in [3.8, 4) is 6.07 Å². The van der Waals surface area contributed by atoms with E-state index in [4.69, 9.17) is 11.6 Å². The number of piperazine rings is 1. The summed E-state index contributed by atoms with van der Waals surface area (Å²) in [6.07, 6.45) is 1.41. The van der Waals surface area contributed by atoms with E-state index in [0.717, 1.165) is 21.5 Å². The average molecular weight is 567 g/mol. The molecule has 3 aliphatic rings. The average Bonchev–Trinajstić information content (AvgIpc) is 3.42. The topological polar surface area (TPSA) is 100.0 Å². The number of halogens is 1. The number of hydrogen-bond donors (Lipinski definition) is 1. The van der Waals surface area contributed by atoms with Crippen LogP contribution >= 0.6 is 34.7 Å². The molecule has 9 nitrogen and oxygen atoms in total. The summed E-state index contributed by atoms with van der Waals surface area (Å²) in [6, 6.07) is 8.56. The number of amides is 2. The molecule has 1 fully saturated rings. The van der Waals surface area contributed by atoms with E-state index in [0.29, 0.717) is 23.4 Å². The smallest absolute Gasteiger partial charge is 0.339 e. The van der Waals surface area contributed by atoms with E-state index in [9.17, 15) is 18.5 Å². The highest BCUT2D eigenvalue weighted by atomic mass is 35.5. The van der Waals surface area contributed by atoms with Crippen LogP contribution in [0.1, 0.15) is 26.2 Å². The third kappa shape index (κ3) is 4.63. The molecule has 1 aromatic carbocycles. The van der Waals surface area contributed by atoms with Crippen molar-refractivity contribution in [2.45, 2.75) is 41.8 Å². The van der Waals surface area contributed by atoms with E-state index in [1.807, 2.05) is 6.07 Å². The molecular formula is C23H27ClN6O3S3. The fourth-order valence-electron chi connectivity index (χ4n) is 4.78. The summed E-state index contributed by atoms with van der Waals surface area (Å²) in [5.41, 5.74) is 4.48. The van der Waals surface area contributed by atoms with E-state index >= 15 is 0 Å². The van der Waals surface area contributed by atoms with E-state index in [1.54, 1.807) is 39.9 Å². The second-order valence-electron chi connectivity index (χ2n) is 9.05. The SMILES string of the molecule is CC1SC2=C(CCN(C(=O)N3CCN(S(=O)(=O)c4cc5ccc(Cl)cc5s4)CC3CCC#N)N2)N1C. The summed E-state index contributed by atoms with van der Waals surface area (Å²) in [7, 11) is -1.69. The zero-order chi connectivity index (χ0) is 25.6. The number of carbonyl (C=O) groups is 1. The molecule has 5 rings (SSSR count). The lowest BCUT2D eigenvalue weighted by molar-refractivity contribution is 0.0858. The lowest BCUT2D eigenvalue weighted by Crippen LogP contribution is -2.61. The Balaban J connectivity index is 1.33. The van der Waals surface area contributed by atoms with Crippen molar-refractivity contribution in [3.05, 3.63) is 40.0 Å². The Morgan fingerprint density at radius 1 is 1.28 bits per heavy atom. The molecule has 0 saturated carbocycles. The van der Waals surface area contributed by atoms with Gasteiger partial charge in [-0.3, -0.25) is 5.43 Å². The Bertz CT molecular complexity index is 1370. The highest BCUT2D eigenvalue weighted by molar-refractivity contribution is 8.03. The van der Waals surface area contributed by atoms with Crippen LogP contribution in [0.3, 0.4) is 0 Å². The van der Waals surface area contributed by atoms with Crippen LogP contribution in [-0.2, 0) is 10.0 Å². The fraction of sp³-hybridized carbons (Fsp3) is 0.478. The summed E-state index contributed by atoms with van der Waals surface area (Å²) in [5, 5.41) is 13.5. The number of benzene rings is 1. The third-order valence-electron chi connectivity index (χ3n) is 6.90. The van der Waals surface area contributed by atoms with Crippen molar-refractivity contribution >= 4 is 60.8 Å². The molecule has 2 unspecified atom stereocenters. The number of carbonyl (C=O) groups excluding carboxylic acids is 1. The number of nitrogens with one attached hydrogen (secondary N) is 1. The molecule has 36 heavy (non-hydrogen) atoms. The molecule has 192 valence electrons. The van der Waals surface area contributed by atoms with E-state index in [-0.39, 0.29) is 42.3 Å². The molecule has 0 aliphatic carbocycles. The maximum absolute atomic E-state index is 13.5. The third-order valence-corrected chi connectivity index (χ3v) is 11.8. The van der Waals surface area contributed by atoms with Crippen molar-refractivity contribution in [1.82, 2.24) is 24.5 Å². The second-order valence-corrected chi connectivity index (χ2v) is 14.1. The van der Waals surface area contributed by atoms with Gasteiger partial charge in [-0.2, -0.15) is 9.57 Å². The monoisotopic (exact) mass is 566 g/mol. The number of urea groups is 1. The molecule has 2 atom stereocenters. The zero-order valence-electron chi connectivity index (χ0n) is 20.0. The van der Waals surface area contributed by atoms with Gasteiger partial charge in [0.2, 0.25) is 0 Å². The quantitative estimate of drug-likeness (QED) is 0.596. The van der Waals surface area contributed by atoms with Crippen molar-refractivity contribution in [3.63, 3.8) is 0 Å². The summed E-state index contributed by atoms with van der Waals surface area (Å²) >= 11 is 8.96. The van der Waals surface area contributed by atoms with Gasteiger partial charge in [-0.25, -0.2) is 18.2 Å². The molecule has 4 heterocycles. The molecule has 1 aromatic heterocycles. The number of rotatable bonds is 4. The Labute approximate surface area is 224 Å². The minimum Gasteiger partial charge on any atom is -0.364 e. The standard InChI is InChI=1S/C23H27ClN6O3S3/c1-15-27(2)19-7-9-30(26-22(19)34-15)23(31)29-11-10-28(14-18(29)4-3-8-25)36(32,33)21-12-16-5-6-17(24)13-20(16)35-21/h5-6,12-13,15,18,26H,3-4,7,9-11,14H2,1-2H3. The molecule has 0 spiro atoms. The van der Waals surface area contributed by atoms with E-state index < -0.39 is 10.0 Å². The number of hydrazine groups is 1. The van der Waals surface area contributed by atoms with Crippen LogP contribution in [0.5, 0.6) is 0 Å². The number of fused-ring (bicyclic) bond motifs is 1. The first-order chi connectivity index (χ1) is 17.2. The first-order valence-corrected chi connectivity index (χ1v) is 15.2. The van der Waals surface area contributed by atoms with Crippen molar-refractivity contribution < 1.29 is 13.2 Å². The number of thioether (sulfide) groups is 1. The molecule has 2 amide bonds. The Hall–Kier alpha value is -2.17. The second kappa shape index (κ2) is 9.95. The number of nitrogens with zero attached hydrogens (tertiary/aromatic N) is 5. The normalized spacial score (nSPS) is 23.1. The van der Waals surface area contributed by atoms with Crippen molar-refractivity contribution in [1.29, 1.82) is 5.26 Å². The molecule has 1 saturated heterocycles. The number of thiophene rings is 1. The van der Waals surface area contributed by atoms with E-state index in [1.165, 1.54) is 21.3 Å². The van der Waals surface area contributed by atoms with Gasteiger partial charge in [0.25, 0.3) is 10.0 Å². The zero-order valence-corrected chi connectivity index (χ0v) is 23.2. The summed E-state index contributed by atoms with van der Waals surface area (Å²) in [5.74, 6) is 0. The van der Waals surface area contributed by atoms with Crippen LogP contribution in [0, 0.1) is 11.3 Å². The number of sulfonamides is 1. The van der Waals surface area contributed by atoms with Gasteiger partial charge in [0.15, 0.2) is 0 Å². The van der Waals surface area contributed by atoms with Gasteiger partial charge in [0.05, 0.1) is 11.4 Å². The maximum atomic E-state index is 13.5. The Kier molecular flexibility index (Phi) is 7.04. The fourth-order valence-corrected chi connectivity index (χ4v) is 9.25. The largest absolute Gasteiger partial charge is 0.364 e. The van der Waals surface area contributed by atoms with Crippen LogP contribution in [-0.4, -0.2) is 78.2 Å². The minimum absolute atomic E-state index is 0.154. The number of hydrogen-bond acceptors (Lipinski definition) is 8. The molecule has 2 aromatic rings. The molecule has 13 heteroatoms. The van der Waals surface area contributed by atoms with Crippen LogP contribution in [0.4, 0.5) is 4.79 Å². The Morgan fingerprint density at radius 2 is 2.08 bits per heavy atom. The predicted molar refractivity (Wildman–Crippen MR) is 143 cm³/mol. The Morgan fingerprint density at radius 3 is 2.86 bits per heavy atom. The minimum atomic E-state index is -3.75. The van der Waals surface area contributed by atoms with Gasteiger partial charge in [0, 0.05) is 67.5 Å². The number of nitriles is 1. The first-order valence-electron chi connectivity index (χ1n) is 11.7. The highest BCUT2D eigenvalue weighted by Gasteiger charge is 2.40. The van der Waals surface area contributed by atoms with Gasteiger partial charge in [-0.1, -0.05) is 29.4 Å². The van der Waals surface area contributed by atoms with Crippen molar-refractivity contribution in [2.75, 3.05) is 33.2 Å². The van der Waals surface area contributed by atoms with Gasteiger partial charge in [0.1, 0.15) is 9.24 Å². The van der Waals surface area contributed by atoms with Gasteiger partial charge >= 0.3 is 6.03 Å². The van der Waals surface area contributed by atoms with Gasteiger partial charge in [-0.15, -0.1) is 11.3 Å². The lowest BCUT2D eigenvalue weighted by atomic mass is 10.1. The van der Waals surface area contributed by atoms with Gasteiger partial charge in [-0.05, 0) is 36.9 Å². The summed E-state index contributed by atoms with van der Waals surface area (Å²) in [6.45, 7) is 3.27. The lowest BCUT2D eigenvalue weighted by Gasteiger charge is -2.43. The maximum Gasteiger partial charge on any atom is 0.339 e. The molecular weight excluding hydrogens is 540 g/mol. The van der Waals surface area contributed by atoms with Gasteiger partial charge < -0.3 is 9.80 Å². The summed E-state index contributed by atoms with van der Waals surface area (Å²) in [4.78, 5) is 17.5.